The van der Waals surface area contributed by atoms with Crippen LogP contribution in [-0.4, -0.2) is 4.98 Å². The molecule has 2 aromatic rings. The lowest BCUT2D eigenvalue weighted by molar-refractivity contribution is -0.138. The van der Waals surface area contributed by atoms with Crippen LogP contribution in [0, 0.1) is 6.92 Å². The third kappa shape index (κ3) is 3.53. The molecule has 1 aromatic heterocycles. The average Bonchev–Trinajstić information content (AvgIpc) is 2.36. The molecule has 1 nitrogen and oxygen atoms in total. The molecule has 0 bridgehead atoms. The summed E-state index contributed by atoms with van der Waals surface area (Å²) in [7, 11) is 0. The van der Waals surface area contributed by atoms with Crippen LogP contribution in [0.3, 0.4) is 0 Å². The van der Waals surface area contributed by atoms with Gasteiger partial charge in [-0.25, -0.2) is 0 Å². The van der Waals surface area contributed by atoms with Gasteiger partial charge in [-0.1, -0.05) is 0 Å². The molecule has 0 atom stereocenters. The van der Waals surface area contributed by atoms with Crippen molar-refractivity contribution in [3.05, 3.63) is 53.2 Å². The maximum absolute atomic E-state index is 12.7. The van der Waals surface area contributed by atoms with Gasteiger partial charge in [0.2, 0.25) is 0 Å². The SMILES string of the molecule is Cc1cc(-c2ccc(C(F)(F)F)cn2)cc(C(F)(F)F)c1. The topological polar surface area (TPSA) is 12.9 Å². The zero-order valence-corrected chi connectivity index (χ0v) is 10.7. The van der Waals surface area contributed by atoms with Crippen molar-refractivity contribution < 1.29 is 26.3 Å². The standard InChI is InChI=1S/C14H9F6N/c1-8-4-9(6-11(5-8)14(18,19)20)12-3-2-10(7-21-12)13(15,16)17/h2-7H,1H3. The normalized spacial score (nSPS) is 12.5. The van der Waals surface area contributed by atoms with E-state index >= 15 is 0 Å². The molecule has 0 radical (unpaired) electrons. The highest BCUT2D eigenvalue weighted by Crippen LogP contribution is 2.34. The first-order valence-electron chi connectivity index (χ1n) is 5.80. The predicted molar refractivity (Wildman–Crippen MR) is 64.4 cm³/mol. The van der Waals surface area contributed by atoms with E-state index in [0.29, 0.717) is 11.8 Å². The van der Waals surface area contributed by atoms with Crippen molar-refractivity contribution in [1.82, 2.24) is 4.98 Å². The zero-order valence-electron chi connectivity index (χ0n) is 10.7. The summed E-state index contributed by atoms with van der Waals surface area (Å²) in [4.78, 5) is 3.59. The highest BCUT2D eigenvalue weighted by atomic mass is 19.4. The second-order valence-electron chi connectivity index (χ2n) is 4.52. The van der Waals surface area contributed by atoms with E-state index in [2.05, 4.69) is 4.98 Å². The predicted octanol–water partition coefficient (Wildman–Crippen LogP) is 5.09. The average molecular weight is 305 g/mol. The van der Waals surface area contributed by atoms with Crippen molar-refractivity contribution in [1.29, 1.82) is 0 Å². The number of hydrogen-bond acceptors (Lipinski definition) is 1. The van der Waals surface area contributed by atoms with E-state index < -0.39 is 23.5 Å². The minimum Gasteiger partial charge on any atom is -0.256 e. The summed E-state index contributed by atoms with van der Waals surface area (Å²) in [6.07, 6.45) is -8.45. The first-order chi connectivity index (χ1) is 9.57. The molecule has 0 saturated heterocycles. The second-order valence-corrected chi connectivity index (χ2v) is 4.52. The maximum atomic E-state index is 12.7. The van der Waals surface area contributed by atoms with Crippen LogP contribution < -0.4 is 0 Å². The van der Waals surface area contributed by atoms with Crippen LogP contribution in [0.2, 0.25) is 0 Å². The molecule has 0 saturated carbocycles. The molecule has 21 heavy (non-hydrogen) atoms. The second kappa shape index (κ2) is 5.05. The van der Waals surface area contributed by atoms with Gasteiger partial charge in [-0.3, -0.25) is 4.98 Å². The first-order valence-corrected chi connectivity index (χ1v) is 5.80. The van der Waals surface area contributed by atoms with Crippen LogP contribution in [-0.2, 0) is 12.4 Å². The Bertz CT molecular complexity index is 640. The van der Waals surface area contributed by atoms with Gasteiger partial charge in [0.15, 0.2) is 0 Å². The highest BCUT2D eigenvalue weighted by Gasteiger charge is 2.32. The quantitative estimate of drug-likeness (QED) is 0.668. The third-order valence-corrected chi connectivity index (χ3v) is 2.79. The van der Waals surface area contributed by atoms with Crippen molar-refractivity contribution in [3.63, 3.8) is 0 Å². The number of rotatable bonds is 1. The molecule has 0 spiro atoms. The lowest BCUT2D eigenvalue weighted by Gasteiger charge is -2.11. The summed E-state index contributed by atoms with van der Waals surface area (Å²) in [6.45, 7) is 1.48. The number of pyridine rings is 1. The molecule has 0 unspecified atom stereocenters. The van der Waals surface area contributed by atoms with E-state index in [9.17, 15) is 26.3 Å². The van der Waals surface area contributed by atoms with Gasteiger partial charge in [-0.15, -0.1) is 0 Å². The smallest absolute Gasteiger partial charge is 0.256 e. The molecular weight excluding hydrogens is 296 g/mol. The Labute approximate surface area is 116 Å². The van der Waals surface area contributed by atoms with Crippen LogP contribution in [0.4, 0.5) is 26.3 Å². The number of hydrogen-bond donors (Lipinski definition) is 0. The summed E-state index contributed by atoms with van der Waals surface area (Å²) in [6, 6.07) is 5.11. The molecule has 0 aliphatic heterocycles. The van der Waals surface area contributed by atoms with E-state index in [1.54, 1.807) is 0 Å². The van der Waals surface area contributed by atoms with Gasteiger partial charge < -0.3 is 0 Å². The first kappa shape index (κ1) is 15.3. The number of halogens is 6. The number of alkyl halides is 6. The van der Waals surface area contributed by atoms with Crippen molar-refractivity contribution >= 4 is 0 Å². The van der Waals surface area contributed by atoms with Gasteiger partial charge in [0.05, 0.1) is 16.8 Å². The van der Waals surface area contributed by atoms with Crippen molar-refractivity contribution in [2.24, 2.45) is 0 Å². The molecule has 0 fully saturated rings. The molecule has 7 heteroatoms. The summed E-state index contributed by atoms with van der Waals surface area (Å²) in [5, 5.41) is 0. The molecular formula is C14H9F6N. The summed E-state index contributed by atoms with van der Waals surface area (Å²) in [5.74, 6) is 0. The van der Waals surface area contributed by atoms with Crippen LogP contribution in [0.15, 0.2) is 36.5 Å². The van der Waals surface area contributed by atoms with Gasteiger partial charge in [-0.05, 0) is 42.8 Å². The summed E-state index contributed by atoms with van der Waals surface area (Å²) < 4.78 is 75.4. The van der Waals surface area contributed by atoms with E-state index in [1.807, 2.05) is 0 Å². The number of aryl methyl sites for hydroxylation is 1. The fourth-order valence-electron chi connectivity index (χ4n) is 1.83. The monoisotopic (exact) mass is 305 g/mol. The van der Waals surface area contributed by atoms with Gasteiger partial charge in [0.25, 0.3) is 0 Å². The van der Waals surface area contributed by atoms with E-state index in [1.165, 1.54) is 13.0 Å². The summed E-state index contributed by atoms with van der Waals surface area (Å²) >= 11 is 0. The fraction of sp³-hybridized carbons (Fsp3) is 0.214. The highest BCUT2D eigenvalue weighted by molar-refractivity contribution is 5.61. The third-order valence-electron chi connectivity index (χ3n) is 2.79. The minimum absolute atomic E-state index is 0.0530. The molecule has 0 amide bonds. The Morgan fingerprint density at radius 1 is 0.810 bits per heavy atom. The van der Waals surface area contributed by atoms with Crippen LogP contribution >= 0.6 is 0 Å². The Morgan fingerprint density at radius 3 is 1.90 bits per heavy atom. The Balaban J connectivity index is 2.45. The van der Waals surface area contributed by atoms with E-state index in [0.717, 1.165) is 24.3 Å². The van der Waals surface area contributed by atoms with Gasteiger partial charge in [0.1, 0.15) is 0 Å². The Hall–Kier alpha value is -2.05. The van der Waals surface area contributed by atoms with Crippen LogP contribution in [0.1, 0.15) is 16.7 Å². The van der Waals surface area contributed by atoms with Gasteiger partial charge >= 0.3 is 12.4 Å². The van der Waals surface area contributed by atoms with E-state index in [-0.39, 0.29) is 11.3 Å². The maximum Gasteiger partial charge on any atom is 0.417 e. The van der Waals surface area contributed by atoms with Crippen LogP contribution in [0.5, 0.6) is 0 Å². The largest absolute Gasteiger partial charge is 0.417 e. The van der Waals surface area contributed by atoms with Crippen molar-refractivity contribution in [3.8, 4) is 11.3 Å². The zero-order chi connectivity index (χ0) is 15.8. The van der Waals surface area contributed by atoms with Crippen LogP contribution in [0.25, 0.3) is 11.3 Å². The number of nitrogens with zero attached hydrogens (tertiary/aromatic N) is 1. The number of aromatic nitrogens is 1. The van der Waals surface area contributed by atoms with Crippen molar-refractivity contribution in [2.45, 2.75) is 19.3 Å². The van der Waals surface area contributed by atoms with Gasteiger partial charge in [-0.2, -0.15) is 26.3 Å². The lowest BCUT2D eigenvalue weighted by atomic mass is 10.0. The molecule has 1 heterocycles. The molecule has 0 aliphatic rings. The lowest BCUT2D eigenvalue weighted by Crippen LogP contribution is -2.06. The fourth-order valence-corrected chi connectivity index (χ4v) is 1.83. The Kier molecular flexibility index (Phi) is 3.69. The van der Waals surface area contributed by atoms with Crippen molar-refractivity contribution in [2.75, 3.05) is 0 Å². The number of benzene rings is 1. The molecule has 0 aliphatic carbocycles. The molecule has 112 valence electrons. The molecule has 2 rings (SSSR count). The summed E-state index contributed by atoms with van der Waals surface area (Å²) in [5.41, 5.74) is -1.29. The van der Waals surface area contributed by atoms with Gasteiger partial charge in [0, 0.05) is 11.8 Å². The minimum atomic E-state index is -4.53. The van der Waals surface area contributed by atoms with E-state index in [4.69, 9.17) is 0 Å². The Morgan fingerprint density at radius 2 is 1.43 bits per heavy atom. The molecule has 1 aromatic carbocycles. The molecule has 0 N–H and O–H groups in total.